The van der Waals surface area contributed by atoms with E-state index in [0.717, 1.165) is 13.1 Å². The second kappa shape index (κ2) is 16.0. The third kappa shape index (κ3) is 6.31. The predicted molar refractivity (Wildman–Crippen MR) is 291 cm³/mol. The molecule has 0 saturated carbocycles. The standard InChI is InChI=1S/C66H56N2/c1-7-67-60-38-14-12-34-56(60)65(3,4)58-36-20-30-50(63(58)67)46-26-16-24-44(40-46)48-28-18-32-52-54(48)42-55-49(29-19-33-53(55)62(52)43-22-10-9-11-23-43)45-25-17-27-47(41-45)51-31-21-37-59-64(51)68(8-2)61-39-15-13-35-57(61)66(59,5)6/h9-42H,7-8H2,1-6H3. The number of hydrogen-bond donors (Lipinski definition) is 0. The van der Waals surface area contributed by atoms with Crippen LogP contribution in [0, 0.1) is 0 Å². The number of para-hydroxylation sites is 4. The van der Waals surface area contributed by atoms with Crippen molar-refractivity contribution in [3.63, 3.8) is 0 Å². The molecule has 2 aliphatic rings. The summed E-state index contributed by atoms with van der Waals surface area (Å²) in [5.41, 5.74) is 22.8. The Bertz CT molecular complexity index is 3400. The Morgan fingerprint density at radius 1 is 0.309 bits per heavy atom. The molecule has 2 aliphatic heterocycles. The molecule has 0 aliphatic carbocycles. The first-order chi connectivity index (χ1) is 33.2. The van der Waals surface area contributed by atoms with Crippen LogP contribution in [0.3, 0.4) is 0 Å². The third-order valence-corrected chi connectivity index (χ3v) is 15.4. The van der Waals surface area contributed by atoms with E-state index in [4.69, 9.17) is 0 Å². The molecule has 68 heavy (non-hydrogen) atoms. The highest BCUT2D eigenvalue weighted by atomic mass is 15.2. The first-order valence-electron chi connectivity index (χ1n) is 24.5. The fourth-order valence-electron chi connectivity index (χ4n) is 12.1. The molecule has 330 valence electrons. The Kier molecular flexibility index (Phi) is 9.81. The minimum absolute atomic E-state index is 0.132. The van der Waals surface area contributed by atoms with Gasteiger partial charge in [0.05, 0.1) is 11.4 Å². The summed E-state index contributed by atoms with van der Waals surface area (Å²) >= 11 is 0. The molecular weight excluding hydrogens is 821 g/mol. The van der Waals surface area contributed by atoms with Crippen molar-refractivity contribution in [1.29, 1.82) is 0 Å². The highest BCUT2D eigenvalue weighted by molar-refractivity contribution is 6.19. The second-order valence-electron chi connectivity index (χ2n) is 19.8. The molecule has 2 nitrogen and oxygen atoms in total. The summed E-state index contributed by atoms with van der Waals surface area (Å²) in [5, 5.41) is 5.00. The van der Waals surface area contributed by atoms with Gasteiger partial charge in [0.25, 0.3) is 0 Å². The molecule has 2 heteroatoms. The van der Waals surface area contributed by atoms with Crippen molar-refractivity contribution in [2.45, 2.75) is 52.4 Å². The maximum Gasteiger partial charge on any atom is 0.0531 e. The summed E-state index contributed by atoms with van der Waals surface area (Å²) in [7, 11) is 0. The molecular formula is C66H56N2. The van der Waals surface area contributed by atoms with Gasteiger partial charge in [-0.2, -0.15) is 0 Å². The molecule has 0 amide bonds. The van der Waals surface area contributed by atoms with Crippen molar-refractivity contribution < 1.29 is 0 Å². The van der Waals surface area contributed by atoms with Crippen molar-refractivity contribution in [2.24, 2.45) is 0 Å². The highest BCUT2D eigenvalue weighted by Gasteiger charge is 2.38. The normalized spacial score (nSPS) is 14.3. The number of benzene rings is 10. The van der Waals surface area contributed by atoms with Crippen LogP contribution in [-0.4, -0.2) is 13.1 Å². The van der Waals surface area contributed by atoms with Crippen molar-refractivity contribution >= 4 is 44.3 Å². The van der Waals surface area contributed by atoms with Gasteiger partial charge in [0.1, 0.15) is 0 Å². The fraction of sp³-hybridized carbons (Fsp3) is 0.152. The average Bonchev–Trinajstić information content (AvgIpc) is 3.38. The third-order valence-electron chi connectivity index (χ3n) is 15.4. The molecule has 2 heterocycles. The molecule has 0 unspecified atom stereocenters. The Morgan fingerprint density at radius 2 is 0.662 bits per heavy atom. The van der Waals surface area contributed by atoms with Gasteiger partial charge in [-0.15, -0.1) is 0 Å². The van der Waals surface area contributed by atoms with Crippen LogP contribution in [-0.2, 0) is 10.8 Å². The van der Waals surface area contributed by atoms with E-state index in [0.29, 0.717) is 0 Å². The zero-order valence-corrected chi connectivity index (χ0v) is 39.9. The van der Waals surface area contributed by atoms with E-state index < -0.39 is 0 Å². The van der Waals surface area contributed by atoms with E-state index >= 15 is 0 Å². The second-order valence-corrected chi connectivity index (χ2v) is 19.8. The van der Waals surface area contributed by atoms with Crippen LogP contribution >= 0.6 is 0 Å². The van der Waals surface area contributed by atoms with E-state index in [-0.39, 0.29) is 10.8 Å². The van der Waals surface area contributed by atoms with Crippen molar-refractivity contribution in [1.82, 2.24) is 0 Å². The van der Waals surface area contributed by atoms with Gasteiger partial charge in [-0.3, -0.25) is 0 Å². The Labute approximate surface area is 401 Å². The van der Waals surface area contributed by atoms with Gasteiger partial charge in [-0.1, -0.05) is 204 Å². The number of rotatable bonds is 7. The fourth-order valence-corrected chi connectivity index (χ4v) is 12.1. The number of hydrogen-bond acceptors (Lipinski definition) is 2. The van der Waals surface area contributed by atoms with Crippen molar-refractivity contribution in [3.05, 3.63) is 229 Å². The lowest BCUT2D eigenvalue weighted by molar-refractivity contribution is 0.626. The van der Waals surface area contributed by atoms with E-state index in [1.54, 1.807) is 0 Å². The summed E-state index contributed by atoms with van der Waals surface area (Å²) < 4.78 is 0. The van der Waals surface area contributed by atoms with Gasteiger partial charge in [-0.25, -0.2) is 0 Å². The monoisotopic (exact) mass is 876 g/mol. The number of anilines is 4. The van der Waals surface area contributed by atoms with Gasteiger partial charge in [-0.05, 0) is 132 Å². The lowest BCUT2D eigenvalue weighted by Crippen LogP contribution is -2.33. The maximum absolute atomic E-state index is 2.52. The Hall–Kier alpha value is -7.68. The molecule has 12 rings (SSSR count). The minimum Gasteiger partial charge on any atom is -0.341 e. The van der Waals surface area contributed by atoms with Crippen molar-refractivity contribution in [2.75, 3.05) is 22.9 Å². The zero-order chi connectivity index (χ0) is 46.3. The van der Waals surface area contributed by atoms with Crippen LogP contribution in [0.5, 0.6) is 0 Å². The molecule has 10 aromatic carbocycles. The molecule has 0 radical (unpaired) electrons. The van der Waals surface area contributed by atoms with Crippen LogP contribution in [0.15, 0.2) is 206 Å². The van der Waals surface area contributed by atoms with E-state index in [1.165, 1.54) is 122 Å². The van der Waals surface area contributed by atoms with Crippen LogP contribution in [0.4, 0.5) is 22.7 Å². The topological polar surface area (TPSA) is 6.48 Å². The molecule has 0 saturated heterocycles. The molecule has 0 spiro atoms. The summed E-state index contributed by atoms with van der Waals surface area (Å²) in [5.74, 6) is 0. The van der Waals surface area contributed by atoms with Gasteiger partial charge in [0, 0.05) is 46.4 Å². The van der Waals surface area contributed by atoms with E-state index in [9.17, 15) is 0 Å². The Morgan fingerprint density at radius 3 is 1.12 bits per heavy atom. The average molecular weight is 877 g/mol. The van der Waals surface area contributed by atoms with Crippen LogP contribution in [0.2, 0.25) is 0 Å². The minimum atomic E-state index is -0.132. The van der Waals surface area contributed by atoms with Crippen LogP contribution in [0.25, 0.3) is 77.2 Å². The molecule has 0 bridgehead atoms. The molecule has 0 aromatic heterocycles. The summed E-state index contributed by atoms with van der Waals surface area (Å²) in [6.07, 6.45) is 0. The van der Waals surface area contributed by atoms with Crippen molar-refractivity contribution in [3.8, 4) is 55.6 Å². The first-order valence-corrected chi connectivity index (χ1v) is 24.5. The quantitative estimate of drug-likeness (QED) is 0.147. The molecule has 0 atom stereocenters. The number of fused-ring (bicyclic) bond motifs is 6. The lowest BCUT2D eigenvalue weighted by Gasteiger charge is -2.42. The summed E-state index contributed by atoms with van der Waals surface area (Å²) in [6.45, 7) is 15.8. The largest absolute Gasteiger partial charge is 0.341 e. The van der Waals surface area contributed by atoms with Crippen LogP contribution in [0.1, 0.15) is 63.8 Å². The molecule has 10 aromatic rings. The molecule has 0 fully saturated rings. The van der Waals surface area contributed by atoms with Gasteiger partial charge in [0.2, 0.25) is 0 Å². The van der Waals surface area contributed by atoms with Gasteiger partial charge in [0.15, 0.2) is 0 Å². The van der Waals surface area contributed by atoms with Crippen LogP contribution < -0.4 is 9.80 Å². The van der Waals surface area contributed by atoms with Gasteiger partial charge < -0.3 is 9.80 Å². The SMILES string of the molecule is CCN1c2ccccc2C(C)(C)c2cccc(-c3cccc(-c4cccc5c(-c6ccccc6)c6cccc(-c7cccc(-c8cccc9c8N(CC)c8ccccc8C9(C)C)c7)c6cc45)c3)c21. The predicted octanol–water partition coefficient (Wildman–Crippen LogP) is 17.9. The molecule has 0 N–H and O–H groups in total. The summed E-state index contributed by atoms with van der Waals surface area (Å²) in [4.78, 5) is 5.05. The number of nitrogens with zero attached hydrogens (tertiary/aromatic N) is 2. The highest BCUT2D eigenvalue weighted by Crippen LogP contribution is 2.54. The zero-order valence-electron chi connectivity index (χ0n) is 39.9. The first kappa shape index (κ1) is 41.7. The maximum atomic E-state index is 2.52. The van der Waals surface area contributed by atoms with E-state index in [1.807, 2.05) is 0 Å². The smallest absolute Gasteiger partial charge is 0.0531 e. The van der Waals surface area contributed by atoms with E-state index in [2.05, 4.69) is 258 Å². The van der Waals surface area contributed by atoms with Gasteiger partial charge >= 0.3 is 0 Å². The Balaban J connectivity index is 1.04. The summed E-state index contributed by atoms with van der Waals surface area (Å²) in [6, 6.07) is 77.5. The lowest BCUT2D eigenvalue weighted by atomic mass is 9.72.